The van der Waals surface area contributed by atoms with E-state index in [1.807, 2.05) is 29.2 Å². The zero-order valence-corrected chi connectivity index (χ0v) is 26.5. The molecule has 4 heterocycles. The van der Waals surface area contributed by atoms with Crippen molar-refractivity contribution in [2.24, 2.45) is 5.92 Å². The second-order valence-corrected chi connectivity index (χ2v) is 15.0. The highest BCUT2D eigenvalue weighted by Crippen LogP contribution is 2.54. The summed E-state index contributed by atoms with van der Waals surface area (Å²) in [6.45, 7) is 7.80. The number of hydrogen-bond donors (Lipinski definition) is 0. The van der Waals surface area contributed by atoms with Crippen LogP contribution in [0, 0.1) is 5.92 Å². The molecule has 0 spiro atoms. The molecule has 3 amide bonds. The van der Waals surface area contributed by atoms with Crippen LogP contribution in [0.15, 0.2) is 62.8 Å². The number of nitrogens with zero attached hydrogens (tertiary/aromatic N) is 3. The summed E-state index contributed by atoms with van der Waals surface area (Å²) in [5.41, 5.74) is 2.53. The van der Waals surface area contributed by atoms with Crippen molar-refractivity contribution >= 4 is 62.4 Å². The molecule has 0 bridgehead atoms. The minimum absolute atomic E-state index is 0.0465. The number of carbonyl (C=O) groups excluding carboxylic acids is 3. The molecular weight excluding hydrogens is 622 g/mol. The van der Waals surface area contributed by atoms with E-state index >= 15 is 0 Å². The molecule has 3 aliphatic heterocycles. The first-order chi connectivity index (χ1) is 19.5. The Kier molecular flexibility index (Phi) is 7.53. The monoisotopic (exact) mass is 653 g/mol. The van der Waals surface area contributed by atoms with Crippen LogP contribution >= 0.6 is 39.0 Å². The normalized spacial score (nSPS) is 22.6. The van der Waals surface area contributed by atoms with Gasteiger partial charge in [0.15, 0.2) is 0 Å². The number of thiazole rings is 1. The fraction of sp³-hybridized carbons (Fsp3) is 0.419. The van der Waals surface area contributed by atoms with E-state index in [0.717, 1.165) is 51.1 Å². The highest BCUT2D eigenvalue weighted by molar-refractivity contribution is 9.10. The SMILES string of the molecule is CC(C)(C)c1ccc([C@@H]2c3sc(=O)n(CC(=O)N4CCCCC4)c3S[C@@H]3C(=O)N(c4ccc(Br)cc4)C(=O)[C@H]23)cc1. The van der Waals surface area contributed by atoms with E-state index < -0.39 is 17.1 Å². The minimum atomic E-state index is -0.698. The van der Waals surface area contributed by atoms with Gasteiger partial charge in [0.1, 0.15) is 11.8 Å². The predicted molar refractivity (Wildman–Crippen MR) is 166 cm³/mol. The number of likely N-dealkylation sites (tertiary alicyclic amines) is 1. The minimum Gasteiger partial charge on any atom is -0.341 e. The Bertz CT molecular complexity index is 1570. The lowest BCUT2D eigenvalue weighted by Gasteiger charge is -2.31. The summed E-state index contributed by atoms with van der Waals surface area (Å²) in [6.07, 6.45) is 3.04. The van der Waals surface area contributed by atoms with Crippen LogP contribution in [0.25, 0.3) is 0 Å². The quantitative estimate of drug-likeness (QED) is 0.334. The number of piperidine rings is 1. The van der Waals surface area contributed by atoms with Gasteiger partial charge in [-0.25, -0.2) is 4.90 Å². The number of aromatic nitrogens is 1. The van der Waals surface area contributed by atoms with Gasteiger partial charge in [-0.15, -0.1) is 0 Å². The molecule has 6 rings (SSSR count). The molecule has 0 radical (unpaired) electrons. The van der Waals surface area contributed by atoms with Crippen LogP contribution in [0.3, 0.4) is 0 Å². The molecule has 0 aliphatic carbocycles. The van der Waals surface area contributed by atoms with Crippen LogP contribution in [-0.2, 0) is 26.3 Å². The van der Waals surface area contributed by atoms with Gasteiger partial charge < -0.3 is 4.90 Å². The molecule has 1 aromatic heterocycles. The van der Waals surface area contributed by atoms with Gasteiger partial charge in [0.05, 0.1) is 16.6 Å². The van der Waals surface area contributed by atoms with E-state index in [0.29, 0.717) is 23.8 Å². The number of hydrogen-bond acceptors (Lipinski definition) is 6. The molecule has 3 aliphatic rings. The number of anilines is 1. The van der Waals surface area contributed by atoms with Crippen molar-refractivity contribution in [1.29, 1.82) is 0 Å². The predicted octanol–water partition coefficient (Wildman–Crippen LogP) is 5.78. The van der Waals surface area contributed by atoms with Gasteiger partial charge >= 0.3 is 4.87 Å². The third-order valence-corrected chi connectivity index (χ3v) is 11.4. The number of amides is 3. The van der Waals surface area contributed by atoms with Crippen molar-refractivity contribution in [2.75, 3.05) is 18.0 Å². The fourth-order valence-corrected chi connectivity index (χ4v) is 9.07. The summed E-state index contributed by atoms with van der Waals surface area (Å²) in [5, 5.41) is -0.0633. The Morgan fingerprint density at radius 2 is 1.59 bits per heavy atom. The third-order valence-electron chi connectivity index (χ3n) is 8.27. The fourth-order valence-electron chi connectivity index (χ4n) is 6.03. The number of benzene rings is 2. The summed E-state index contributed by atoms with van der Waals surface area (Å²) in [6, 6.07) is 15.3. The van der Waals surface area contributed by atoms with Crippen molar-refractivity contribution in [3.8, 4) is 0 Å². The lowest BCUT2D eigenvalue weighted by Crippen LogP contribution is -2.39. The van der Waals surface area contributed by atoms with Crippen LogP contribution in [0.4, 0.5) is 5.69 Å². The number of imide groups is 1. The van der Waals surface area contributed by atoms with Crippen molar-refractivity contribution in [3.63, 3.8) is 0 Å². The molecule has 2 fully saturated rings. The molecule has 3 atom stereocenters. The molecule has 0 unspecified atom stereocenters. The van der Waals surface area contributed by atoms with Gasteiger partial charge in [-0.3, -0.25) is 23.7 Å². The average molecular weight is 655 g/mol. The lowest BCUT2D eigenvalue weighted by atomic mass is 9.81. The zero-order valence-electron chi connectivity index (χ0n) is 23.3. The Hall–Kier alpha value is -2.69. The van der Waals surface area contributed by atoms with E-state index in [9.17, 15) is 19.2 Å². The Labute approximate surface area is 256 Å². The number of halogens is 1. The van der Waals surface area contributed by atoms with E-state index in [2.05, 4.69) is 48.8 Å². The van der Waals surface area contributed by atoms with Gasteiger partial charge in [-0.1, -0.05) is 84.1 Å². The van der Waals surface area contributed by atoms with Gasteiger partial charge in [-0.05, 0) is 60.1 Å². The van der Waals surface area contributed by atoms with E-state index in [1.54, 1.807) is 12.1 Å². The molecule has 2 saturated heterocycles. The van der Waals surface area contributed by atoms with Crippen LogP contribution in [0.1, 0.15) is 62.0 Å². The smallest absolute Gasteiger partial charge is 0.308 e. The topological polar surface area (TPSA) is 79.7 Å². The van der Waals surface area contributed by atoms with Crippen molar-refractivity contribution in [2.45, 2.75) is 68.2 Å². The molecule has 7 nitrogen and oxygen atoms in total. The van der Waals surface area contributed by atoms with Crippen LogP contribution in [0.5, 0.6) is 0 Å². The molecule has 0 saturated carbocycles. The maximum atomic E-state index is 14.1. The average Bonchev–Trinajstić information content (AvgIpc) is 3.40. The highest BCUT2D eigenvalue weighted by atomic mass is 79.9. The molecule has 3 aromatic rings. The Balaban J connectivity index is 1.44. The van der Waals surface area contributed by atoms with E-state index in [-0.39, 0.29) is 34.6 Å². The lowest BCUT2D eigenvalue weighted by molar-refractivity contribution is -0.133. The molecule has 214 valence electrons. The summed E-state index contributed by atoms with van der Waals surface area (Å²) in [5.74, 6) is -1.75. The second-order valence-electron chi connectivity index (χ2n) is 12.0. The van der Waals surface area contributed by atoms with Crippen LogP contribution in [0.2, 0.25) is 0 Å². The Morgan fingerprint density at radius 3 is 2.22 bits per heavy atom. The van der Waals surface area contributed by atoms with E-state index in [1.165, 1.54) is 21.2 Å². The molecule has 0 N–H and O–H groups in total. The Morgan fingerprint density at radius 1 is 0.927 bits per heavy atom. The maximum Gasteiger partial charge on any atom is 0.308 e. The number of carbonyl (C=O) groups is 3. The first-order valence-corrected chi connectivity index (χ1v) is 16.5. The zero-order chi connectivity index (χ0) is 29.1. The number of thioether (sulfide) groups is 1. The van der Waals surface area contributed by atoms with Crippen molar-refractivity contribution < 1.29 is 14.4 Å². The van der Waals surface area contributed by atoms with Crippen molar-refractivity contribution in [3.05, 3.63) is 78.7 Å². The summed E-state index contributed by atoms with van der Waals surface area (Å²) < 4.78 is 2.39. The van der Waals surface area contributed by atoms with Crippen LogP contribution < -0.4 is 9.77 Å². The first kappa shape index (κ1) is 28.4. The standard InChI is InChI=1S/C31H32BrN3O4S2/c1-31(2,3)19-9-7-18(8-10-19)23-24-25(28(38)35(27(24)37)21-13-11-20(32)12-14-21)40-29-26(23)41-30(39)34(29)17-22(36)33-15-5-4-6-16-33/h7-14,23-25H,4-6,15-17H2,1-3H3/t23-,24+,25-/m0/s1. The second kappa shape index (κ2) is 10.9. The molecule has 10 heteroatoms. The first-order valence-electron chi connectivity index (χ1n) is 14.0. The van der Waals surface area contributed by atoms with Crippen LogP contribution in [-0.4, -0.2) is 45.5 Å². The summed E-state index contributed by atoms with van der Waals surface area (Å²) in [4.78, 5) is 58.3. The van der Waals surface area contributed by atoms with Gasteiger partial charge in [0.2, 0.25) is 17.7 Å². The summed E-state index contributed by atoms with van der Waals surface area (Å²) >= 11 is 5.79. The molecule has 2 aromatic carbocycles. The number of fused-ring (bicyclic) bond motifs is 2. The molecule has 41 heavy (non-hydrogen) atoms. The largest absolute Gasteiger partial charge is 0.341 e. The summed E-state index contributed by atoms with van der Waals surface area (Å²) in [7, 11) is 0. The number of rotatable bonds is 4. The van der Waals surface area contributed by atoms with E-state index in [4.69, 9.17) is 0 Å². The van der Waals surface area contributed by atoms with Gasteiger partial charge in [-0.2, -0.15) is 0 Å². The molecular formula is C31H32BrN3O4S2. The highest BCUT2D eigenvalue weighted by Gasteiger charge is 2.56. The van der Waals surface area contributed by atoms with Gasteiger partial charge in [0.25, 0.3) is 0 Å². The third kappa shape index (κ3) is 5.12. The maximum absolute atomic E-state index is 14.1. The van der Waals surface area contributed by atoms with Gasteiger partial charge in [0, 0.05) is 28.4 Å². The van der Waals surface area contributed by atoms with Crippen molar-refractivity contribution in [1.82, 2.24) is 9.47 Å².